The van der Waals surface area contributed by atoms with Crippen molar-refractivity contribution < 1.29 is 95.2 Å². The number of esters is 8. The molecule has 5 aliphatic carbocycles. The fourth-order valence-corrected chi connectivity index (χ4v) is 16.0. The molecule has 7 aliphatic rings. The lowest BCUT2D eigenvalue weighted by atomic mass is 9.33. The second-order valence-electron chi connectivity index (χ2n) is 24.4. The summed E-state index contributed by atoms with van der Waals surface area (Å²) in [6.07, 6.45) is -5.99. The van der Waals surface area contributed by atoms with E-state index in [0.29, 0.717) is 24.2 Å². The Morgan fingerprint density at radius 2 is 1.04 bits per heavy atom. The molecule has 0 aromatic rings. The number of methoxy groups -OCH3 is 1. The molecule has 20 atom stereocenters. The molecule has 0 unspecified atom stereocenters. The van der Waals surface area contributed by atoms with Gasteiger partial charge in [-0.1, -0.05) is 60.1 Å². The van der Waals surface area contributed by atoms with Crippen molar-refractivity contribution in [3.8, 4) is 0 Å². The highest BCUT2D eigenvalue weighted by Gasteiger charge is 2.70. The predicted octanol–water partition coefficient (Wildman–Crippen LogP) is 6.82. The van der Waals surface area contributed by atoms with E-state index in [0.717, 1.165) is 86.0 Å². The molecule has 20 heteroatoms. The molecule has 77 heavy (non-hydrogen) atoms. The summed E-state index contributed by atoms with van der Waals surface area (Å²) in [6.45, 7) is 23.2. The molecule has 4 saturated carbocycles. The Balaban J connectivity index is 1.22. The van der Waals surface area contributed by atoms with Gasteiger partial charge < -0.3 is 56.8 Å². The number of carbonyl (C=O) groups excluding carboxylic acids is 8. The van der Waals surface area contributed by atoms with Gasteiger partial charge in [0.25, 0.3) is 0 Å². The number of ether oxygens (including phenoxy) is 12. The number of hydrogen-bond donors (Lipinski definition) is 0. The van der Waals surface area contributed by atoms with E-state index in [1.54, 1.807) is 0 Å². The maximum Gasteiger partial charge on any atom is 0.312 e. The van der Waals surface area contributed by atoms with E-state index in [-0.39, 0.29) is 34.1 Å². The van der Waals surface area contributed by atoms with Gasteiger partial charge in [0.05, 0.1) is 18.6 Å². The maximum absolute atomic E-state index is 13.9. The van der Waals surface area contributed by atoms with Gasteiger partial charge in [0.2, 0.25) is 0 Å². The molecule has 0 amide bonds. The summed E-state index contributed by atoms with van der Waals surface area (Å²) in [7, 11) is 1.53. The zero-order valence-corrected chi connectivity index (χ0v) is 47.8. The molecule has 7 rings (SSSR count). The molecule has 0 spiro atoms. The average Bonchev–Trinajstić information content (AvgIpc) is 3.52. The lowest BCUT2D eigenvalue weighted by Crippen LogP contribution is -2.68. The van der Waals surface area contributed by atoms with Gasteiger partial charge in [0.15, 0.2) is 43.1 Å². The van der Waals surface area contributed by atoms with Gasteiger partial charge in [0, 0.05) is 48.5 Å². The molecule has 2 aliphatic heterocycles. The van der Waals surface area contributed by atoms with Crippen molar-refractivity contribution in [2.24, 2.45) is 56.7 Å². The minimum Gasteiger partial charge on any atom is -0.469 e. The van der Waals surface area contributed by atoms with Crippen LogP contribution in [0.25, 0.3) is 0 Å². The minimum absolute atomic E-state index is 0.0750. The Kier molecular flexibility index (Phi) is 17.8. The Morgan fingerprint density at radius 3 is 1.56 bits per heavy atom. The molecular formula is C57H84O20. The van der Waals surface area contributed by atoms with Gasteiger partial charge in [-0.05, 0) is 109 Å². The van der Waals surface area contributed by atoms with Crippen molar-refractivity contribution in [3.63, 3.8) is 0 Å². The largest absolute Gasteiger partial charge is 0.469 e. The third kappa shape index (κ3) is 11.3. The first kappa shape index (κ1) is 60.0. The van der Waals surface area contributed by atoms with E-state index in [1.165, 1.54) is 26.5 Å². The summed E-state index contributed by atoms with van der Waals surface area (Å²) in [5.41, 5.74) is 0.0409. The zero-order chi connectivity index (χ0) is 56.9. The van der Waals surface area contributed by atoms with Crippen LogP contribution in [-0.2, 0) is 95.2 Å². The first-order valence-corrected chi connectivity index (χ1v) is 27.5. The van der Waals surface area contributed by atoms with Crippen LogP contribution in [0.2, 0.25) is 0 Å². The standard InChI is InChI=1S/C57H84O20/c1-28-18-23-57(52(65)66-15)25-24-55(13)37(43(57)29(28)2)16-17-41-54(12)21-20-42(53(10,11)40(54)19-22-56(41,55)14)76-50-48(72-35(8)63)47(71-34(7)62)45(39(74-50)27-68-31(4)59)77-51-49(73-36(9)64)46(70-33(6)61)44(69-32(5)60)38(75-51)26-67-30(3)58/h16,28-29,38-51H,17-27H2,1-15H3/t28-,29+,38-,39-,40+,41-,42+,43+,44-,45-,46+,47+,48-,49-,50+,51+,54+,55-,56-,57+/m1/s1. The van der Waals surface area contributed by atoms with Crippen LogP contribution in [0.5, 0.6) is 0 Å². The molecule has 0 radical (unpaired) electrons. The van der Waals surface area contributed by atoms with Crippen LogP contribution in [0, 0.1) is 56.7 Å². The Hall–Kier alpha value is -4.66. The molecule has 0 bridgehead atoms. The second-order valence-corrected chi connectivity index (χ2v) is 24.4. The predicted molar refractivity (Wildman–Crippen MR) is 269 cm³/mol. The van der Waals surface area contributed by atoms with Crippen molar-refractivity contribution in [1.82, 2.24) is 0 Å². The van der Waals surface area contributed by atoms with Gasteiger partial charge in [-0.2, -0.15) is 0 Å². The van der Waals surface area contributed by atoms with Gasteiger partial charge in [-0.3, -0.25) is 38.4 Å². The summed E-state index contributed by atoms with van der Waals surface area (Å²) in [5, 5.41) is 0. The van der Waals surface area contributed by atoms with Crippen LogP contribution < -0.4 is 0 Å². The van der Waals surface area contributed by atoms with E-state index < -0.39 is 133 Å². The summed E-state index contributed by atoms with van der Waals surface area (Å²) in [4.78, 5) is 103. The molecule has 2 saturated heterocycles. The number of hydrogen-bond acceptors (Lipinski definition) is 20. The van der Waals surface area contributed by atoms with Crippen LogP contribution in [0.15, 0.2) is 11.6 Å². The topological polar surface area (TPSA) is 247 Å². The smallest absolute Gasteiger partial charge is 0.312 e. The van der Waals surface area contributed by atoms with Crippen LogP contribution in [-0.4, -0.2) is 136 Å². The molecule has 432 valence electrons. The van der Waals surface area contributed by atoms with Crippen molar-refractivity contribution in [1.29, 1.82) is 0 Å². The van der Waals surface area contributed by atoms with Gasteiger partial charge in [-0.25, -0.2) is 0 Å². The number of rotatable bonds is 14. The van der Waals surface area contributed by atoms with Crippen molar-refractivity contribution in [2.45, 2.75) is 222 Å². The second kappa shape index (κ2) is 22.8. The number of carbonyl (C=O) groups is 8. The average molecular weight is 1090 g/mol. The minimum atomic E-state index is -1.81. The third-order valence-electron chi connectivity index (χ3n) is 19.7. The molecule has 0 aromatic carbocycles. The Labute approximate surface area is 452 Å². The summed E-state index contributed by atoms with van der Waals surface area (Å²) in [6, 6.07) is 0. The molecule has 0 N–H and O–H groups in total. The first-order chi connectivity index (χ1) is 35.9. The van der Waals surface area contributed by atoms with E-state index >= 15 is 0 Å². The van der Waals surface area contributed by atoms with Crippen molar-refractivity contribution in [2.75, 3.05) is 20.3 Å². The SMILES string of the molecule is COC(=O)[C@]12CC[C@@H](C)[C@H](C)[C@H]1C1=CC[C@@H]3[C@@]4(C)CC[C@H](O[C@@H]5O[C@H](COC(C)=O)[C@@H](O[C@@H]6O[C@H](COC(C)=O)[C@@H](OC(C)=O)[C@H](OC(C)=O)[C@H]6OC(C)=O)[C@H](OC(C)=O)[C@H]5OC(C)=O)C(C)(C)[C@@H]4CC[C@@]3(C)[C@]1(C)CC2. The number of allylic oxidation sites excluding steroid dienone is 2. The molecule has 6 fully saturated rings. The first-order valence-electron chi connectivity index (χ1n) is 27.5. The number of fused-ring (bicyclic) bond motifs is 7. The van der Waals surface area contributed by atoms with Crippen molar-refractivity contribution >= 4 is 47.8 Å². The Bertz CT molecular complexity index is 2310. The molecular weight excluding hydrogens is 1000 g/mol. The molecule has 20 nitrogen and oxygen atoms in total. The lowest BCUT2D eigenvalue weighted by molar-refractivity contribution is -0.369. The van der Waals surface area contributed by atoms with Gasteiger partial charge >= 0.3 is 47.8 Å². The maximum atomic E-state index is 13.9. The summed E-state index contributed by atoms with van der Waals surface area (Å²) >= 11 is 0. The summed E-state index contributed by atoms with van der Waals surface area (Å²) < 4.78 is 71.9. The van der Waals surface area contributed by atoms with Crippen LogP contribution in [0.1, 0.15) is 155 Å². The van der Waals surface area contributed by atoms with Crippen LogP contribution >= 0.6 is 0 Å². The fourth-order valence-electron chi connectivity index (χ4n) is 16.0. The Morgan fingerprint density at radius 1 is 0.545 bits per heavy atom. The normalized spacial score (nSPS) is 41.9. The zero-order valence-electron chi connectivity index (χ0n) is 47.8. The monoisotopic (exact) mass is 1090 g/mol. The highest BCUT2D eigenvalue weighted by atomic mass is 16.8. The lowest BCUT2D eigenvalue weighted by Gasteiger charge is -2.71. The highest BCUT2D eigenvalue weighted by molar-refractivity contribution is 5.79. The highest BCUT2D eigenvalue weighted by Crippen LogP contribution is 2.76. The molecule has 2 heterocycles. The van der Waals surface area contributed by atoms with Crippen LogP contribution in [0.3, 0.4) is 0 Å². The van der Waals surface area contributed by atoms with E-state index in [1.807, 2.05) is 0 Å². The van der Waals surface area contributed by atoms with E-state index in [9.17, 15) is 38.4 Å². The van der Waals surface area contributed by atoms with Gasteiger partial charge in [-0.15, -0.1) is 0 Å². The van der Waals surface area contributed by atoms with Gasteiger partial charge in [0.1, 0.15) is 31.5 Å². The molecule has 0 aromatic heterocycles. The quantitative estimate of drug-likeness (QED) is 0.0749. The van der Waals surface area contributed by atoms with E-state index in [4.69, 9.17) is 56.8 Å². The van der Waals surface area contributed by atoms with Crippen LogP contribution in [0.4, 0.5) is 0 Å². The third-order valence-corrected chi connectivity index (χ3v) is 19.7. The summed E-state index contributed by atoms with van der Waals surface area (Å²) in [5.74, 6) is -4.43. The fraction of sp³-hybridized carbons (Fsp3) is 0.825. The van der Waals surface area contributed by atoms with Crippen molar-refractivity contribution in [3.05, 3.63) is 11.6 Å². The van der Waals surface area contributed by atoms with E-state index in [2.05, 4.69) is 54.5 Å².